The predicted molar refractivity (Wildman–Crippen MR) is 107 cm³/mol. The largest absolute Gasteiger partial charge is 0.162 e. The molecule has 5 rings (SSSR count). The second kappa shape index (κ2) is 5.38. The fourth-order valence-electron chi connectivity index (χ4n) is 3.94. The third-order valence-corrected chi connectivity index (χ3v) is 5.14. The summed E-state index contributed by atoms with van der Waals surface area (Å²) >= 11 is 0. The van der Waals surface area contributed by atoms with Gasteiger partial charge in [0.25, 0.3) is 0 Å². The first-order valence-electron chi connectivity index (χ1n) is 8.59. The molecule has 0 bridgehead atoms. The summed E-state index contributed by atoms with van der Waals surface area (Å²) in [7, 11) is 1.08. The molecule has 0 aliphatic heterocycles. The first-order chi connectivity index (χ1) is 11.9. The quantitative estimate of drug-likeness (QED) is 0.330. The first-order valence-corrected chi connectivity index (χ1v) is 8.59. The lowest BCUT2D eigenvalue weighted by Gasteiger charge is -2.13. The van der Waals surface area contributed by atoms with Crippen molar-refractivity contribution in [2.75, 3.05) is 0 Å². The second-order valence-electron chi connectivity index (χ2n) is 6.57. The van der Waals surface area contributed by atoms with E-state index in [0.29, 0.717) is 0 Å². The molecule has 1 heteroatoms. The van der Waals surface area contributed by atoms with Crippen molar-refractivity contribution >= 4 is 45.1 Å². The first kappa shape index (κ1) is 13.6. The lowest BCUT2D eigenvalue weighted by molar-refractivity contribution is 1.39. The molecular formula is C23H17B. The van der Waals surface area contributed by atoms with E-state index >= 15 is 0 Å². The molecule has 5 aromatic carbocycles. The Labute approximate surface area is 142 Å². The predicted octanol–water partition coefficient (Wildman–Crippen LogP) is 4.85. The molecule has 0 saturated heterocycles. The van der Waals surface area contributed by atoms with Crippen LogP contribution in [0.1, 0.15) is 5.56 Å². The number of benzene rings is 5. The highest BCUT2D eigenvalue weighted by atomic mass is 14.1. The van der Waals surface area contributed by atoms with Gasteiger partial charge in [0.15, 0.2) is 7.28 Å². The highest BCUT2D eigenvalue weighted by Gasteiger charge is 2.11. The van der Waals surface area contributed by atoms with Gasteiger partial charge in [-0.25, -0.2) is 0 Å². The summed E-state index contributed by atoms with van der Waals surface area (Å²) < 4.78 is 0. The molecule has 112 valence electrons. The van der Waals surface area contributed by atoms with E-state index in [2.05, 4.69) is 84.9 Å². The molecule has 0 heterocycles. The number of hydrogen-bond acceptors (Lipinski definition) is 0. The molecule has 0 unspecified atom stereocenters. The van der Waals surface area contributed by atoms with Crippen LogP contribution in [0.15, 0.2) is 84.9 Å². The minimum absolute atomic E-state index is 1.08. The molecule has 0 nitrogen and oxygen atoms in total. The van der Waals surface area contributed by atoms with Gasteiger partial charge in [-0.2, -0.15) is 0 Å². The minimum atomic E-state index is 1.08. The summed E-state index contributed by atoms with van der Waals surface area (Å²) in [6, 6.07) is 31.0. The molecule has 0 saturated carbocycles. The van der Waals surface area contributed by atoms with Crippen molar-refractivity contribution in [2.24, 2.45) is 0 Å². The van der Waals surface area contributed by atoms with Crippen LogP contribution in [0.4, 0.5) is 0 Å². The van der Waals surface area contributed by atoms with Gasteiger partial charge in [0, 0.05) is 0 Å². The Morgan fingerprint density at radius 2 is 1.21 bits per heavy atom. The molecule has 24 heavy (non-hydrogen) atoms. The Hall–Kier alpha value is -2.80. The van der Waals surface area contributed by atoms with E-state index in [9.17, 15) is 0 Å². The Bertz CT molecular complexity index is 1130. The molecule has 0 aromatic heterocycles. The van der Waals surface area contributed by atoms with Gasteiger partial charge in [-0.3, -0.25) is 0 Å². The molecular weight excluding hydrogens is 287 g/mol. The van der Waals surface area contributed by atoms with E-state index in [-0.39, 0.29) is 0 Å². The van der Waals surface area contributed by atoms with Gasteiger partial charge < -0.3 is 0 Å². The highest BCUT2D eigenvalue weighted by Crippen LogP contribution is 2.33. The maximum absolute atomic E-state index is 2.31. The molecule has 0 spiro atoms. The van der Waals surface area contributed by atoms with Crippen LogP contribution in [0.5, 0.6) is 0 Å². The van der Waals surface area contributed by atoms with Crippen LogP contribution in [-0.4, -0.2) is 7.28 Å². The van der Waals surface area contributed by atoms with Crippen LogP contribution < -0.4 is 5.46 Å². The number of rotatable bonds is 3. The topological polar surface area (TPSA) is 0 Å². The van der Waals surface area contributed by atoms with E-state index in [4.69, 9.17) is 0 Å². The molecule has 0 aliphatic rings. The average molecular weight is 304 g/mol. The van der Waals surface area contributed by atoms with Crippen LogP contribution in [0.2, 0.25) is 0 Å². The van der Waals surface area contributed by atoms with Crippen molar-refractivity contribution < 1.29 is 0 Å². The van der Waals surface area contributed by atoms with Crippen LogP contribution in [0, 0.1) is 0 Å². The van der Waals surface area contributed by atoms with E-state index in [0.717, 1.165) is 13.6 Å². The van der Waals surface area contributed by atoms with Crippen LogP contribution >= 0.6 is 0 Å². The Morgan fingerprint density at radius 1 is 0.542 bits per heavy atom. The van der Waals surface area contributed by atoms with Crippen molar-refractivity contribution in [3.8, 4) is 0 Å². The average Bonchev–Trinajstić information content (AvgIpc) is 2.66. The Morgan fingerprint density at radius 3 is 2.00 bits per heavy atom. The van der Waals surface area contributed by atoms with E-state index in [1.54, 1.807) is 0 Å². The summed E-state index contributed by atoms with van der Waals surface area (Å²) in [6.07, 6.45) is 1.09. The molecule has 0 atom stereocenters. The maximum Gasteiger partial charge on any atom is 0.162 e. The van der Waals surface area contributed by atoms with Gasteiger partial charge in [0.1, 0.15) is 0 Å². The zero-order valence-corrected chi connectivity index (χ0v) is 13.5. The summed E-state index contributed by atoms with van der Waals surface area (Å²) in [5.74, 6) is 0. The zero-order valence-electron chi connectivity index (χ0n) is 13.5. The minimum Gasteiger partial charge on any atom is -0.0764 e. The monoisotopic (exact) mass is 304 g/mol. The van der Waals surface area contributed by atoms with Gasteiger partial charge >= 0.3 is 0 Å². The molecule has 0 N–H and O–H groups in total. The van der Waals surface area contributed by atoms with Crippen LogP contribution in [0.3, 0.4) is 0 Å². The van der Waals surface area contributed by atoms with Gasteiger partial charge in [-0.05, 0) is 38.6 Å². The molecule has 5 aromatic rings. The van der Waals surface area contributed by atoms with Crippen LogP contribution in [-0.2, 0) is 6.32 Å². The second-order valence-corrected chi connectivity index (χ2v) is 6.57. The smallest absolute Gasteiger partial charge is 0.0764 e. The lowest BCUT2D eigenvalue weighted by atomic mass is 9.63. The summed E-state index contributed by atoms with van der Waals surface area (Å²) in [5, 5.41) is 8.27. The third-order valence-electron chi connectivity index (χ3n) is 5.14. The van der Waals surface area contributed by atoms with Crippen LogP contribution in [0.25, 0.3) is 32.3 Å². The van der Waals surface area contributed by atoms with Crippen molar-refractivity contribution in [2.45, 2.75) is 6.32 Å². The Balaban J connectivity index is 1.69. The normalized spacial score (nSPS) is 11.5. The molecule has 0 amide bonds. The molecule has 0 radical (unpaired) electrons. The maximum atomic E-state index is 2.31. The Kier molecular flexibility index (Phi) is 3.06. The van der Waals surface area contributed by atoms with Crippen molar-refractivity contribution in [3.05, 3.63) is 90.5 Å². The summed E-state index contributed by atoms with van der Waals surface area (Å²) in [5.41, 5.74) is 2.85. The third kappa shape index (κ3) is 2.09. The SMILES string of the molecule is B(Cc1ccccc1)c1ccc2ccc3cccc4ccc1c2c34. The van der Waals surface area contributed by atoms with Gasteiger partial charge in [0.2, 0.25) is 0 Å². The number of hydrogen-bond donors (Lipinski definition) is 0. The van der Waals surface area contributed by atoms with Crippen molar-refractivity contribution in [1.82, 2.24) is 0 Å². The fourth-order valence-corrected chi connectivity index (χ4v) is 3.94. The zero-order chi connectivity index (χ0) is 15.9. The van der Waals surface area contributed by atoms with E-state index in [1.807, 2.05) is 0 Å². The molecule has 0 aliphatic carbocycles. The lowest BCUT2D eigenvalue weighted by Crippen LogP contribution is -2.17. The van der Waals surface area contributed by atoms with E-state index < -0.39 is 0 Å². The standard InChI is InChI=1S/C23H17B/c1-2-5-16(6-3-1)15-24-21-14-12-19-10-9-17-7-4-8-18-11-13-20(21)23(19)22(17)18/h1-14,24H,15H2. The van der Waals surface area contributed by atoms with Crippen molar-refractivity contribution in [3.63, 3.8) is 0 Å². The summed E-state index contributed by atoms with van der Waals surface area (Å²) in [4.78, 5) is 0. The fraction of sp³-hybridized carbons (Fsp3) is 0.0435. The van der Waals surface area contributed by atoms with Crippen molar-refractivity contribution in [1.29, 1.82) is 0 Å². The van der Waals surface area contributed by atoms with Gasteiger partial charge in [-0.1, -0.05) is 96.0 Å². The molecule has 0 fully saturated rings. The van der Waals surface area contributed by atoms with Gasteiger partial charge in [-0.15, -0.1) is 0 Å². The van der Waals surface area contributed by atoms with E-state index in [1.165, 1.54) is 43.3 Å². The van der Waals surface area contributed by atoms with Gasteiger partial charge in [0.05, 0.1) is 0 Å². The summed E-state index contributed by atoms with van der Waals surface area (Å²) in [6.45, 7) is 0. The highest BCUT2D eigenvalue weighted by molar-refractivity contribution is 6.57.